The maximum Gasteiger partial charge on any atom is 0.272 e. The molecule has 64 valence electrons. The zero-order chi connectivity index (χ0) is 8.97. The van der Waals surface area contributed by atoms with E-state index >= 15 is 0 Å². The first-order valence-corrected chi connectivity index (χ1v) is 3.64. The average molecular weight is 165 g/mol. The zero-order valence-electron chi connectivity index (χ0n) is 7.09. The number of H-pyrrole nitrogens is 1. The van der Waals surface area contributed by atoms with Crippen LogP contribution in [-0.4, -0.2) is 16.6 Å². The minimum Gasteiger partial charge on any atom is -0.367 e. The molecule has 0 radical (unpaired) electrons. The zero-order valence-corrected chi connectivity index (χ0v) is 7.09. The maximum atomic E-state index is 11.2. The number of nitrogens with one attached hydrogen (secondary N) is 2. The first-order valence-electron chi connectivity index (χ1n) is 3.64. The van der Waals surface area contributed by atoms with Gasteiger partial charge in [-0.2, -0.15) is 5.10 Å². The third kappa shape index (κ3) is 2.23. The van der Waals surface area contributed by atoms with Crippen molar-refractivity contribution in [2.24, 2.45) is 5.10 Å². The summed E-state index contributed by atoms with van der Waals surface area (Å²) in [5.74, 6) is -0.197. The van der Waals surface area contributed by atoms with Crippen LogP contribution < -0.4 is 5.43 Å². The molecule has 2 N–H and O–H groups in total. The standard InChI is InChI=1S/C8H11N3O/c1-6(2)10-11-8(12)7-3-4-9-5-7/h3-5,9H,1-2H3,(H,11,12). The summed E-state index contributed by atoms with van der Waals surface area (Å²) in [5, 5.41) is 3.78. The first kappa shape index (κ1) is 8.52. The number of hydrogen-bond donors (Lipinski definition) is 2. The monoisotopic (exact) mass is 165 g/mol. The van der Waals surface area contributed by atoms with Crippen LogP contribution in [0.1, 0.15) is 24.2 Å². The van der Waals surface area contributed by atoms with E-state index in [1.165, 1.54) is 0 Å². The Balaban J connectivity index is 2.57. The Morgan fingerprint density at radius 3 is 2.83 bits per heavy atom. The van der Waals surface area contributed by atoms with E-state index in [1.807, 2.05) is 13.8 Å². The summed E-state index contributed by atoms with van der Waals surface area (Å²) in [6.07, 6.45) is 3.31. The number of hydrogen-bond acceptors (Lipinski definition) is 2. The molecule has 4 nitrogen and oxygen atoms in total. The summed E-state index contributed by atoms with van der Waals surface area (Å²) in [4.78, 5) is 14.0. The van der Waals surface area contributed by atoms with Gasteiger partial charge in [-0.05, 0) is 19.9 Å². The minimum atomic E-state index is -0.197. The summed E-state index contributed by atoms with van der Waals surface area (Å²) in [6, 6.07) is 1.69. The Morgan fingerprint density at radius 2 is 2.33 bits per heavy atom. The predicted octanol–water partition coefficient (Wildman–Crippen LogP) is 1.14. The molecule has 0 atom stereocenters. The second-order valence-corrected chi connectivity index (χ2v) is 2.60. The van der Waals surface area contributed by atoms with Gasteiger partial charge >= 0.3 is 0 Å². The fourth-order valence-electron chi connectivity index (χ4n) is 0.692. The molecule has 1 aromatic rings. The van der Waals surface area contributed by atoms with Crippen molar-refractivity contribution >= 4 is 11.6 Å². The molecule has 0 fully saturated rings. The Hall–Kier alpha value is -1.58. The third-order valence-electron chi connectivity index (χ3n) is 1.24. The molecule has 1 heterocycles. The van der Waals surface area contributed by atoms with Crippen molar-refractivity contribution in [1.82, 2.24) is 10.4 Å². The number of carbonyl (C=O) groups excluding carboxylic acids is 1. The Labute approximate surface area is 70.7 Å². The van der Waals surface area contributed by atoms with Crippen LogP contribution in [0.2, 0.25) is 0 Å². The van der Waals surface area contributed by atoms with Crippen LogP contribution in [-0.2, 0) is 0 Å². The second-order valence-electron chi connectivity index (χ2n) is 2.60. The molecule has 0 spiro atoms. The van der Waals surface area contributed by atoms with E-state index in [9.17, 15) is 4.79 Å². The molecule has 0 aromatic carbocycles. The summed E-state index contributed by atoms with van der Waals surface area (Å²) in [5.41, 5.74) is 3.82. The number of carbonyl (C=O) groups is 1. The Morgan fingerprint density at radius 1 is 1.58 bits per heavy atom. The molecule has 1 amide bonds. The topological polar surface area (TPSA) is 57.2 Å². The Kier molecular flexibility index (Phi) is 2.63. The molecule has 1 aromatic heterocycles. The van der Waals surface area contributed by atoms with E-state index in [-0.39, 0.29) is 5.91 Å². The summed E-state index contributed by atoms with van der Waals surface area (Å²) >= 11 is 0. The fraction of sp³-hybridized carbons (Fsp3) is 0.250. The lowest BCUT2D eigenvalue weighted by Gasteiger charge is -1.95. The molecule has 1 rings (SSSR count). The lowest BCUT2D eigenvalue weighted by Crippen LogP contribution is -2.17. The van der Waals surface area contributed by atoms with E-state index in [4.69, 9.17) is 0 Å². The predicted molar refractivity (Wildman–Crippen MR) is 47.0 cm³/mol. The van der Waals surface area contributed by atoms with Gasteiger partial charge in [0, 0.05) is 18.1 Å². The van der Waals surface area contributed by atoms with Crippen LogP contribution in [0.5, 0.6) is 0 Å². The van der Waals surface area contributed by atoms with Crippen LogP contribution in [0.3, 0.4) is 0 Å². The van der Waals surface area contributed by atoms with Gasteiger partial charge in [-0.25, -0.2) is 5.43 Å². The van der Waals surface area contributed by atoms with Crippen LogP contribution in [0, 0.1) is 0 Å². The molecule has 0 saturated carbocycles. The number of rotatable bonds is 2. The highest BCUT2D eigenvalue weighted by molar-refractivity contribution is 5.94. The van der Waals surface area contributed by atoms with Gasteiger partial charge in [-0.1, -0.05) is 0 Å². The highest BCUT2D eigenvalue weighted by Gasteiger charge is 2.02. The molecular weight excluding hydrogens is 154 g/mol. The van der Waals surface area contributed by atoms with Gasteiger partial charge in [-0.3, -0.25) is 4.79 Å². The molecule has 0 aliphatic rings. The van der Waals surface area contributed by atoms with Gasteiger partial charge in [0.25, 0.3) is 5.91 Å². The summed E-state index contributed by atoms with van der Waals surface area (Å²) in [6.45, 7) is 3.63. The van der Waals surface area contributed by atoms with Gasteiger partial charge in [0.2, 0.25) is 0 Å². The van der Waals surface area contributed by atoms with Gasteiger partial charge in [0.05, 0.1) is 5.56 Å². The Bertz CT molecular complexity index is 283. The average Bonchev–Trinajstić information content (AvgIpc) is 2.51. The lowest BCUT2D eigenvalue weighted by atomic mass is 10.3. The van der Waals surface area contributed by atoms with Crippen molar-refractivity contribution in [3.8, 4) is 0 Å². The van der Waals surface area contributed by atoms with Crippen LogP contribution >= 0.6 is 0 Å². The first-order chi connectivity index (χ1) is 5.70. The van der Waals surface area contributed by atoms with Crippen molar-refractivity contribution in [1.29, 1.82) is 0 Å². The van der Waals surface area contributed by atoms with Gasteiger partial charge < -0.3 is 4.98 Å². The third-order valence-corrected chi connectivity index (χ3v) is 1.24. The van der Waals surface area contributed by atoms with E-state index in [0.29, 0.717) is 5.56 Å². The summed E-state index contributed by atoms with van der Waals surface area (Å²) in [7, 11) is 0. The smallest absolute Gasteiger partial charge is 0.272 e. The van der Waals surface area contributed by atoms with Crippen LogP contribution in [0.25, 0.3) is 0 Å². The van der Waals surface area contributed by atoms with E-state index in [1.54, 1.807) is 18.5 Å². The largest absolute Gasteiger partial charge is 0.367 e. The number of amides is 1. The van der Waals surface area contributed by atoms with Crippen molar-refractivity contribution < 1.29 is 4.79 Å². The van der Waals surface area contributed by atoms with Gasteiger partial charge in [-0.15, -0.1) is 0 Å². The number of nitrogens with zero attached hydrogens (tertiary/aromatic N) is 1. The van der Waals surface area contributed by atoms with Crippen molar-refractivity contribution in [2.75, 3.05) is 0 Å². The second kappa shape index (κ2) is 3.71. The van der Waals surface area contributed by atoms with Gasteiger partial charge in [0.1, 0.15) is 0 Å². The quantitative estimate of drug-likeness (QED) is 0.501. The lowest BCUT2D eigenvalue weighted by molar-refractivity contribution is 0.0955. The molecule has 12 heavy (non-hydrogen) atoms. The van der Waals surface area contributed by atoms with Crippen LogP contribution in [0.15, 0.2) is 23.6 Å². The van der Waals surface area contributed by atoms with Crippen LogP contribution in [0.4, 0.5) is 0 Å². The van der Waals surface area contributed by atoms with E-state index in [0.717, 1.165) is 5.71 Å². The van der Waals surface area contributed by atoms with E-state index < -0.39 is 0 Å². The molecule has 0 saturated heterocycles. The van der Waals surface area contributed by atoms with Crippen molar-refractivity contribution in [3.63, 3.8) is 0 Å². The SMILES string of the molecule is CC(C)=NNC(=O)c1cc[nH]c1. The molecule has 0 unspecified atom stereocenters. The maximum absolute atomic E-state index is 11.2. The van der Waals surface area contributed by atoms with Crippen molar-refractivity contribution in [2.45, 2.75) is 13.8 Å². The molecule has 0 aliphatic carbocycles. The normalized spacial score (nSPS) is 9.17. The molecular formula is C8H11N3O. The number of hydrazone groups is 1. The highest BCUT2D eigenvalue weighted by Crippen LogP contribution is 1.95. The van der Waals surface area contributed by atoms with Gasteiger partial charge in [0.15, 0.2) is 0 Å². The fourth-order valence-corrected chi connectivity index (χ4v) is 0.692. The van der Waals surface area contributed by atoms with Crippen molar-refractivity contribution in [3.05, 3.63) is 24.0 Å². The molecule has 0 bridgehead atoms. The van der Waals surface area contributed by atoms with E-state index in [2.05, 4.69) is 15.5 Å². The molecule has 4 heteroatoms. The number of aromatic nitrogens is 1. The highest BCUT2D eigenvalue weighted by atomic mass is 16.2. The summed E-state index contributed by atoms with van der Waals surface area (Å²) < 4.78 is 0. The number of aromatic amines is 1. The minimum absolute atomic E-state index is 0.197. The molecule has 0 aliphatic heterocycles.